The number of thiazole rings is 1. The van der Waals surface area contributed by atoms with E-state index in [4.69, 9.17) is 19.2 Å². The summed E-state index contributed by atoms with van der Waals surface area (Å²) in [6.07, 6.45) is 3.19. The third kappa shape index (κ3) is 5.31. The fraction of sp³-hybridized carbons (Fsp3) is 0.367. The first-order valence-electron chi connectivity index (χ1n) is 12.9. The highest BCUT2D eigenvalue weighted by molar-refractivity contribution is 7.07. The average Bonchev–Trinajstić information content (AvgIpc) is 3.22. The molecule has 7 nitrogen and oxygen atoms in total. The molecule has 0 radical (unpaired) electrons. The molecule has 0 fully saturated rings. The van der Waals surface area contributed by atoms with Gasteiger partial charge in [-0.2, -0.15) is 0 Å². The van der Waals surface area contributed by atoms with Crippen molar-refractivity contribution in [2.45, 2.75) is 52.5 Å². The normalized spacial score (nSPS) is 15.3. The van der Waals surface area contributed by atoms with Crippen LogP contribution in [-0.4, -0.2) is 31.4 Å². The Bertz CT molecular complexity index is 1530. The van der Waals surface area contributed by atoms with Gasteiger partial charge in [-0.1, -0.05) is 62.8 Å². The molecule has 2 aromatic carbocycles. The van der Waals surface area contributed by atoms with Gasteiger partial charge in [0.05, 0.1) is 42.7 Å². The highest BCUT2D eigenvalue weighted by Gasteiger charge is 2.34. The van der Waals surface area contributed by atoms with E-state index < -0.39 is 12.0 Å². The molecule has 0 spiro atoms. The van der Waals surface area contributed by atoms with E-state index in [0.717, 1.165) is 12.0 Å². The summed E-state index contributed by atoms with van der Waals surface area (Å²) in [7, 11) is 3.18. The van der Waals surface area contributed by atoms with Crippen LogP contribution in [0.3, 0.4) is 0 Å². The van der Waals surface area contributed by atoms with E-state index in [0.29, 0.717) is 50.0 Å². The zero-order valence-corrected chi connectivity index (χ0v) is 23.6. The summed E-state index contributed by atoms with van der Waals surface area (Å²) in [4.78, 5) is 32.7. The van der Waals surface area contributed by atoms with E-state index >= 15 is 0 Å². The molecule has 3 aromatic rings. The topological polar surface area (TPSA) is 79.1 Å². The molecular formula is C30H34N2O5S. The minimum absolute atomic E-state index is 0.228. The fourth-order valence-corrected chi connectivity index (χ4v) is 5.60. The van der Waals surface area contributed by atoms with Gasteiger partial charge in [-0.15, -0.1) is 0 Å². The van der Waals surface area contributed by atoms with E-state index in [1.165, 1.54) is 16.9 Å². The molecule has 200 valence electrons. The van der Waals surface area contributed by atoms with Crippen LogP contribution in [-0.2, 0) is 9.53 Å². The molecule has 8 heteroatoms. The van der Waals surface area contributed by atoms with Crippen LogP contribution >= 0.6 is 11.3 Å². The van der Waals surface area contributed by atoms with Crippen LogP contribution in [0.15, 0.2) is 63.5 Å². The summed E-state index contributed by atoms with van der Waals surface area (Å²) in [5.74, 6) is 1.19. The first kappa shape index (κ1) is 27.4. The summed E-state index contributed by atoms with van der Waals surface area (Å²) in [5, 5.41) is 0. The minimum atomic E-state index is -0.637. The quantitative estimate of drug-likeness (QED) is 0.371. The monoisotopic (exact) mass is 534 g/mol. The number of aromatic nitrogens is 1. The number of methoxy groups -OCH3 is 2. The lowest BCUT2D eigenvalue weighted by Crippen LogP contribution is -2.40. The van der Waals surface area contributed by atoms with Gasteiger partial charge < -0.3 is 14.2 Å². The minimum Gasteiger partial charge on any atom is -0.497 e. The Morgan fingerprint density at radius 2 is 1.84 bits per heavy atom. The lowest BCUT2D eigenvalue weighted by molar-refractivity contribution is -0.139. The molecule has 1 aromatic heterocycles. The summed E-state index contributed by atoms with van der Waals surface area (Å²) in [5.41, 5.74) is 3.59. The second kappa shape index (κ2) is 11.8. The highest BCUT2D eigenvalue weighted by Crippen LogP contribution is 2.33. The molecule has 2 heterocycles. The molecular weight excluding hydrogens is 500 g/mol. The third-order valence-electron chi connectivity index (χ3n) is 6.53. The Balaban J connectivity index is 1.99. The van der Waals surface area contributed by atoms with E-state index in [1.54, 1.807) is 43.9 Å². The Kier molecular flexibility index (Phi) is 8.52. The van der Waals surface area contributed by atoms with Crippen molar-refractivity contribution >= 4 is 23.4 Å². The van der Waals surface area contributed by atoms with Crippen molar-refractivity contribution in [2.24, 2.45) is 4.99 Å². The van der Waals surface area contributed by atoms with Crippen molar-refractivity contribution < 1.29 is 19.0 Å². The van der Waals surface area contributed by atoms with E-state index in [-0.39, 0.29) is 12.2 Å². The molecule has 0 N–H and O–H groups in total. The molecule has 0 saturated heterocycles. The number of nitrogens with zero attached hydrogens (tertiary/aromatic N) is 2. The molecule has 0 bridgehead atoms. The Morgan fingerprint density at radius 3 is 2.45 bits per heavy atom. The largest absolute Gasteiger partial charge is 0.497 e. The standard InChI is InChI=1S/C30H34N2O5S/c1-7-9-23-26(29(34)37-8-2)27(20-12-10-19(11-13-20)18(3)4)32-28(33)25(38-30(32)31-23)17-21-16-22(35-5)14-15-24(21)36-6/h10-18,27H,7-9H2,1-6H3/b25-17-/t27-/m0/s1. The Labute approximate surface area is 226 Å². The molecule has 1 atom stereocenters. The molecule has 1 aliphatic rings. The summed E-state index contributed by atoms with van der Waals surface area (Å²) < 4.78 is 18.5. The smallest absolute Gasteiger partial charge is 0.338 e. The van der Waals surface area contributed by atoms with Gasteiger partial charge in [0.15, 0.2) is 4.80 Å². The van der Waals surface area contributed by atoms with Crippen LogP contribution in [0.1, 0.15) is 69.2 Å². The number of rotatable bonds is 9. The number of carbonyl (C=O) groups excluding carboxylic acids is 1. The molecule has 1 aliphatic heterocycles. The van der Waals surface area contributed by atoms with Gasteiger partial charge in [0, 0.05) is 5.56 Å². The maximum Gasteiger partial charge on any atom is 0.338 e. The van der Waals surface area contributed by atoms with Crippen LogP contribution in [0.4, 0.5) is 0 Å². The van der Waals surface area contributed by atoms with Gasteiger partial charge in [-0.05, 0) is 54.7 Å². The summed E-state index contributed by atoms with van der Waals surface area (Å²) >= 11 is 1.30. The predicted molar refractivity (Wildman–Crippen MR) is 150 cm³/mol. The second-order valence-electron chi connectivity index (χ2n) is 9.34. The molecule has 0 saturated carbocycles. The zero-order chi connectivity index (χ0) is 27.4. The maximum absolute atomic E-state index is 14.0. The number of allylic oxidation sites excluding steroid dienone is 1. The van der Waals surface area contributed by atoms with Crippen molar-refractivity contribution in [2.75, 3.05) is 20.8 Å². The molecule has 38 heavy (non-hydrogen) atoms. The summed E-state index contributed by atoms with van der Waals surface area (Å²) in [6, 6.07) is 12.9. The Morgan fingerprint density at radius 1 is 1.11 bits per heavy atom. The first-order chi connectivity index (χ1) is 18.3. The van der Waals surface area contributed by atoms with E-state index in [2.05, 4.69) is 26.0 Å². The number of benzene rings is 2. The fourth-order valence-electron chi connectivity index (χ4n) is 4.59. The van der Waals surface area contributed by atoms with Crippen LogP contribution in [0.5, 0.6) is 11.5 Å². The van der Waals surface area contributed by atoms with Gasteiger partial charge >= 0.3 is 5.97 Å². The number of ether oxygens (including phenoxy) is 3. The maximum atomic E-state index is 14.0. The van der Waals surface area contributed by atoms with Crippen molar-refractivity contribution in [1.29, 1.82) is 0 Å². The van der Waals surface area contributed by atoms with Gasteiger partial charge in [0.1, 0.15) is 11.5 Å². The number of hydrogen-bond acceptors (Lipinski definition) is 7. The lowest BCUT2D eigenvalue weighted by Gasteiger charge is -2.26. The zero-order valence-electron chi connectivity index (χ0n) is 22.7. The second-order valence-corrected chi connectivity index (χ2v) is 10.4. The number of esters is 1. The van der Waals surface area contributed by atoms with Crippen molar-refractivity contribution in [3.05, 3.63) is 90.1 Å². The Hall–Kier alpha value is -3.65. The van der Waals surface area contributed by atoms with Crippen LogP contribution in [0, 0.1) is 0 Å². The molecule has 4 rings (SSSR count). The SMILES string of the molecule is CCCC1=C(C(=O)OCC)[C@H](c2ccc(C(C)C)cc2)n2c(s/c(=C\c3cc(OC)ccc3OC)c2=O)=N1. The van der Waals surface area contributed by atoms with Crippen LogP contribution in [0.25, 0.3) is 6.08 Å². The predicted octanol–water partition coefficient (Wildman–Crippen LogP) is 4.72. The van der Waals surface area contributed by atoms with Gasteiger partial charge in [-0.3, -0.25) is 9.36 Å². The van der Waals surface area contributed by atoms with Crippen molar-refractivity contribution in [3.8, 4) is 11.5 Å². The van der Waals surface area contributed by atoms with Crippen LogP contribution in [0.2, 0.25) is 0 Å². The van der Waals surface area contributed by atoms with Crippen molar-refractivity contribution in [3.63, 3.8) is 0 Å². The van der Waals surface area contributed by atoms with Gasteiger partial charge in [0.25, 0.3) is 5.56 Å². The number of carbonyl (C=O) groups is 1. The molecule has 0 unspecified atom stereocenters. The van der Waals surface area contributed by atoms with Gasteiger partial charge in [-0.25, -0.2) is 9.79 Å². The molecule has 0 amide bonds. The third-order valence-corrected chi connectivity index (χ3v) is 7.52. The number of hydrogen-bond donors (Lipinski definition) is 0. The van der Waals surface area contributed by atoms with Gasteiger partial charge in [0.2, 0.25) is 0 Å². The van der Waals surface area contributed by atoms with Crippen LogP contribution < -0.4 is 24.4 Å². The van der Waals surface area contributed by atoms with E-state index in [9.17, 15) is 9.59 Å². The lowest BCUT2D eigenvalue weighted by atomic mass is 9.92. The van der Waals surface area contributed by atoms with E-state index in [1.807, 2.05) is 25.1 Å². The molecule has 0 aliphatic carbocycles. The van der Waals surface area contributed by atoms with Crippen molar-refractivity contribution in [1.82, 2.24) is 4.57 Å². The number of fused-ring (bicyclic) bond motifs is 1. The summed E-state index contributed by atoms with van der Waals surface area (Å²) in [6.45, 7) is 8.33. The first-order valence-corrected chi connectivity index (χ1v) is 13.7. The highest BCUT2D eigenvalue weighted by atomic mass is 32.1. The average molecular weight is 535 g/mol.